The summed E-state index contributed by atoms with van der Waals surface area (Å²) in [7, 11) is -3.94. The smallest absolute Gasteiger partial charge is 0.295 e. The third kappa shape index (κ3) is 3.83. The average molecular weight is 430 g/mol. The van der Waals surface area contributed by atoms with Crippen LogP contribution in [0.3, 0.4) is 0 Å². The number of anilines is 1. The van der Waals surface area contributed by atoms with E-state index in [1.54, 1.807) is 17.0 Å². The molecular formula is C20H22N4O5S. The number of furan rings is 1. The highest BCUT2D eigenvalue weighted by Gasteiger charge is 2.26. The summed E-state index contributed by atoms with van der Waals surface area (Å²) in [6, 6.07) is 8.23. The summed E-state index contributed by atoms with van der Waals surface area (Å²) in [5.74, 6) is 0.00168. The third-order valence-corrected chi connectivity index (χ3v) is 6.35. The van der Waals surface area contributed by atoms with Crippen LogP contribution in [-0.4, -0.2) is 55.7 Å². The molecular weight excluding hydrogens is 408 g/mol. The van der Waals surface area contributed by atoms with Crippen molar-refractivity contribution in [1.82, 2.24) is 15.1 Å². The van der Waals surface area contributed by atoms with Gasteiger partial charge in [-0.3, -0.25) is 14.6 Å². The number of amides is 1. The van der Waals surface area contributed by atoms with Crippen molar-refractivity contribution in [2.75, 3.05) is 31.0 Å². The first-order chi connectivity index (χ1) is 14.4. The Balaban J connectivity index is 1.60. The van der Waals surface area contributed by atoms with Crippen molar-refractivity contribution >= 4 is 21.6 Å². The van der Waals surface area contributed by atoms with E-state index in [-0.39, 0.29) is 16.8 Å². The van der Waals surface area contributed by atoms with Crippen LogP contribution in [0.2, 0.25) is 0 Å². The molecule has 3 aromatic rings. The molecule has 0 bridgehead atoms. The minimum absolute atomic E-state index is 0.212. The fraction of sp³-hybridized carbons (Fsp3) is 0.300. The Kier molecular flexibility index (Phi) is 5.35. The predicted molar refractivity (Wildman–Crippen MR) is 110 cm³/mol. The van der Waals surface area contributed by atoms with Crippen molar-refractivity contribution in [2.24, 2.45) is 0 Å². The van der Waals surface area contributed by atoms with E-state index in [1.165, 1.54) is 18.3 Å². The summed E-state index contributed by atoms with van der Waals surface area (Å²) in [5, 5.41) is 6.43. The number of benzene rings is 1. The van der Waals surface area contributed by atoms with E-state index in [1.807, 2.05) is 19.9 Å². The van der Waals surface area contributed by atoms with E-state index in [9.17, 15) is 13.2 Å². The zero-order valence-electron chi connectivity index (χ0n) is 16.6. The lowest BCUT2D eigenvalue weighted by Crippen LogP contribution is -2.40. The molecule has 2 N–H and O–H groups in total. The van der Waals surface area contributed by atoms with E-state index in [2.05, 4.69) is 14.9 Å². The number of rotatable bonds is 5. The van der Waals surface area contributed by atoms with Gasteiger partial charge >= 0.3 is 0 Å². The molecule has 1 amide bonds. The van der Waals surface area contributed by atoms with E-state index < -0.39 is 10.0 Å². The summed E-state index contributed by atoms with van der Waals surface area (Å²) in [6.45, 7) is 5.68. The highest BCUT2D eigenvalue weighted by molar-refractivity contribution is 7.92. The van der Waals surface area contributed by atoms with Gasteiger partial charge in [0.25, 0.3) is 15.9 Å². The maximum Gasteiger partial charge on any atom is 0.295 e. The van der Waals surface area contributed by atoms with Gasteiger partial charge in [0.2, 0.25) is 5.09 Å². The molecule has 30 heavy (non-hydrogen) atoms. The summed E-state index contributed by atoms with van der Waals surface area (Å²) < 4.78 is 39.0. The minimum atomic E-state index is -3.94. The summed E-state index contributed by atoms with van der Waals surface area (Å²) in [5.41, 5.74) is 2.94. The summed E-state index contributed by atoms with van der Waals surface area (Å²) >= 11 is 0. The number of ether oxygens (including phenoxy) is 1. The molecule has 4 rings (SSSR count). The van der Waals surface area contributed by atoms with Gasteiger partial charge in [0.1, 0.15) is 5.69 Å². The van der Waals surface area contributed by atoms with Crippen LogP contribution in [0.4, 0.5) is 5.69 Å². The van der Waals surface area contributed by atoms with Crippen LogP contribution in [0.15, 0.2) is 46.0 Å². The van der Waals surface area contributed by atoms with Crippen LogP contribution >= 0.6 is 0 Å². The number of carbonyl (C=O) groups is 1. The highest BCUT2D eigenvalue weighted by Crippen LogP contribution is 2.28. The van der Waals surface area contributed by atoms with Crippen LogP contribution in [-0.2, 0) is 14.8 Å². The first-order valence-corrected chi connectivity index (χ1v) is 10.9. The molecule has 0 unspecified atom stereocenters. The first-order valence-electron chi connectivity index (χ1n) is 9.46. The minimum Gasteiger partial charge on any atom is -0.441 e. The SMILES string of the molecule is Cc1cccc(NS(=O)(=O)c2ccc(-c3[nH]ncc3C(=O)N3CCOCC3)o2)c1C. The molecule has 1 aliphatic heterocycles. The van der Waals surface area contributed by atoms with Gasteiger partial charge in [0, 0.05) is 13.1 Å². The number of nitrogens with one attached hydrogen (secondary N) is 2. The van der Waals surface area contributed by atoms with Gasteiger partial charge in [-0.2, -0.15) is 13.5 Å². The molecule has 1 aliphatic rings. The van der Waals surface area contributed by atoms with Gasteiger partial charge in [0.15, 0.2) is 5.76 Å². The Labute approximate surface area is 174 Å². The van der Waals surface area contributed by atoms with Crippen LogP contribution < -0.4 is 4.72 Å². The van der Waals surface area contributed by atoms with Crippen LogP contribution in [0, 0.1) is 13.8 Å². The number of sulfonamides is 1. The fourth-order valence-corrected chi connectivity index (χ4v) is 4.29. The molecule has 1 aromatic carbocycles. The van der Waals surface area contributed by atoms with Crippen molar-refractivity contribution in [2.45, 2.75) is 18.9 Å². The standard InChI is InChI=1S/C20H22N4O5S/c1-13-4-3-5-16(14(13)2)23-30(26,27)18-7-6-17(29-18)19-15(12-21-22-19)20(25)24-8-10-28-11-9-24/h3-7,12,23H,8-11H2,1-2H3,(H,21,22). The van der Waals surface area contributed by atoms with E-state index in [0.717, 1.165) is 11.1 Å². The maximum absolute atomic E-state index is 12.8. The molecule has 0 radical (unpaired) electrons. The first kappa shape index (κ1) is 20.2. The van der Waals surface area contributed by atoms with Crippen molar-refractivity contribution < 1.29 is 22.4 Å². The largest absolute Gasteiger partial charge is 0.441 e. The van der Waals surface area contributed by atoms with Gasteiger partial charge in [-0.1, -0.05) is 12.1 Å². The molecule has 10 heteroatoms. The molecule has 3 heterocycles. The molecule has 0 aliphatic carbocycles. The second-order valence-corrected chi connectivity index (χ2v) is 8.65. The monoisotopic (exact) mass is 430 g/mol. The molecule has 158 valence electrons. The van der Waals surface area contributed by atoms with Gasteiger partial charge in [-0.25, -0.2) is 0 Å². The van der Waals surface area contributed by atoms with E-state index in [4.69, 9.17) is 9.15 Å². The lowest BCUT2D eigenvalue weighted by atomic mass is 10.1. The number of aromatic amines is 1. The zero-order valence-corrected chi connectivity index (χ0v) is 17.5. The fourth-order valence-electron chi connectivity index (χ4n) is 3.23. The number of morpholine rings is 1. The number of H-pyrrole nitrogens is 1. The predicted octanol–water partition coefficient (Wildman–Crippen LogP) is 2.56. The molecule has 0 saturated carbocycles. The Morgan fingerprint density at radius 2 is 1.93 bits per heavy atom. The van der Waals surface area contributed by atoms with Gasteiger partial charge in [0.05, 0.1) is 30.7 Å². The molecule has 0 spiro atoms. The third-order valence-electron chi connectivity index (χ3n) is 5.11. The molecule has 1 saturated heterocycles. The zero-order chi connectivity index (χ0) is 21.3. The van der Waals surface area contributed by atoms with Crippen LogP contribution in [0.1, 0.15) is 21.5 Å². The van der Waals surface area contributed by atoms with Crippen LogP contribution in [0.25, 0.3) is 11.5 Å². The second kappa shape index (κ2) is 7.96. The number of nitrogens with zero attached hydrogens (tertiary/aromatic N) is 2. The van der Waals surface area contributed by atoms with Crippen molar-refractivity contribution in [1.29, 1.82) is 0 Å². The van der Waals surface area contributed by atoms with E-state index in [0.29, 0.717) is 43.2 Å². The maximum atomic E-state index is 12.8. The number of carbonyl (C=O) groups excluding carboxylic acids is 1. The Hall–Kier alpha value is -3.11. The van der Waals surface area contributed by atoms with Gasteiger partial charge in [-0.05, 0) is 43.2 Å². The Bertz CT molecular complexity index is 1180. The summed E-state index contributed by atoms with van der Waals surface area (Å²) in [4.78, 5) is 14.5. The molecule has 2 aromatic heterocycles. The summed E-state index contributed by atoms with van der Waals surface area (Å²) in [6.07, 6.45) is 1.41. The highest BCUT2D eigenvalue weighted by atomic mass is 32.2. The number of aryl methyl sites for hydroxylation is 1. The molecule has 1 fully saturated rings. The topological polar surface area (TPSA) is 118 Å². The Morgan fingerprint density at radius 1 is 1.17 bits per heavy atom. The lowest BCUT2D eigenvalue weighted by molar-refractivity contribution is 0.0303. The second-order valence-electron chi connectivity index (χ2n) is 7.03. The van der Waals surface area contributed by atoms with Crippen molar-refractivity contribution in [3.63, 3.8) is 0 Å². The molecule has 0 atom stereocenters. The van der Waals surface area contributed by atoms with Gasteiger partial charge < -0.3 is 14.1 Å². The lowest BCUT2D eigenvalue weighted by Gasteiger charge is -2.26. The quantitative estimate of drug-likeness (QED) is 0.642. The van der Waals surface area contributed by atoms with Crippen molar-refractivity contribution in [3.05, 3.63) is 53.2 Å². The van der Waals surface area contributed by atoms with Crippen molar-refractivity contribution in [3.8, 4) is 11.5 Å². The number of hydrogen-bond acceptors (Lipinski definition) is 6. The Morgan fingerprint density at radius 3 is 2.70 bits per heavy atom. The van der Waals surface area contributed by atoms with Crippen LogP contribution in [0.5, 0.6) is 0 Å². The average Bonchev–Trinajstić information content (AvgIpc) is 3.41. The number of aromatic nitrogens is 2. The normalized spacial score (nSPS) is 14.7. The van der Waals surface area contributed by atoms with E-state index >= 15 is 0 Å². The molecule has 9 nitrogen and oxygen atoms in total. The number of hydrogen-bond donors (Lipinski definition) is 2. The van der Waals surface area contributed by atoms with Gasteiger partial charge in [-0.15, -0.1) is 0 Å².